The normalized spacial score (nSPS) is 12.3. The number of aromatic nitrogens is 1. The number of hydrogen-bond donors (Lipinski definition) is 3. The van der Waals surface area contributed by atoms with Gasteiger partial charge in [0.2, 0.25) is 5.91 Å². The van der Waals surface area contributed by atoms with E-state index in [1.807, 2.05) is 0 Å². The average Bonchev–Trinajstić information content (AvgIpc) is 3.27. The Morgan fingerprint density at radius 3 is 2.74 bits per heavy atom. The number of nitrogens with zero attached hydrogens (tertiary/aromatic N) is 1. The van der Waals surface area contributed by atoms with Gasteiger partial charge in [-0.15, -0.1) is 22.7 Å². The number of rotatable bonds is 6. The number of nitrogens with two attached hydrogens (primary N) is 1. The van der Waals surface area contributed by atoms with Gasteiger partial charge in [0.05, 0.1) is 5.56 Å². The minimum Gasteiger partial charge on any atom is -0.451 e. The van der Waals surface area contributed by atoms with Gasteiger partial charge in [-0.1, -0.05) is 0 Å². The smallest absolute Gasteiger partial charge is 0.358 e. The fraction of sp³-hybridized carbons (Fsp3) is 0.312. The molecular weight excluding hydrogens is 392 g/mol. The number of primary amides is 1. The van der Waals surface area contributed by atoms with E-state index in [2.05, 4.69) is 15.6 Å². The lowest BCUT2D eigenvalue weighted by molar-refractivity contribution is -0.119. The molecule has 11 heteroatoms. The number of carbonyl (C=O) groups excluding carboxylic acids is 4. The average molecular weight is 408 g/mol. The van der Waals surface area contributed by atoms with Gasteiger partial charge in [0.1, 0.15) is 5.00 Å². The highest BCUT2D eigenvalue weighted by Gasteiger charge is 2.26. The summed E-state index contributed by atoms with van der Waals surface area (Å²) in [5.74, 6) is -2.27. The number of thiophene rings is 1. The first kappa shape index (κ1) is 19.0. The molecule has 1 aliphatic rings. The van der Waals surface area contributed by atoms with E-state index in [4.69, 9.17) is 10.5 Å². The third-order valence-corrected chi connectivity index (χ3v) is 5.72. The first-order chi connectivity index (χ1) is 12.8. The van der Waals surface area contributed by atoms with E-state index >= 15 is 0 Å². The maximum absolute atomic E-state index is 12.1. The Labute approximate surface area is 161 Å². The van der Waals surface area contributed by atoms with Crippen molar-refractivity contribution in [2.24, 2.45) is 5.73 Å². The number of hydrogen-bond acceptors (Lipinski definition) is 8. The summed E-state index contributed by atoms with van der Waals surface area (Å²) < 4.78 is 4.93. The second kappa shape index (κ2) is 7.84. The van der Waals surface area contributed by atoms with E-state index in [1.165, 1.54) is 23.6 Å². The van der Waals surface area contributed by atoms with Crippen molar-refractivity contribution in [2.45, 2.75) is 26.2 Å². The number of aryl methyl sites for hydroxylation is 1. The van der Waals surface area contributed by atoms with Crippen LogP contribution < -0.4 is 16.4 Å². The molecule has 3 amide bonds. The molecule has 0 saturated carbocycles. The molecule has 2 heterocycles. The fourth-order valence-electron chi connectivity index (χ4n) is 2.70. The zero-order valence-electron chi connectivity index (χ0n) is 14.3. The molecule has 1 aliphatic carbocycles. The maximum atomic E-state index is 12.1. The summed E-state index contributed by atoms with van der Waals surface area (Å²) in [6.07, 6.45) is 2.57. The van der Waals surface area contributed by atoms with E-state index < -0.39 is 24.4 Å². The first-order valence-corrected chi connectivity index (χ1v) is 9.69. The summed E-state index contributed by atoms with van der Waals surface area (Å²) in [6.45, 7) is 0.789. The largest absolute Gasteiger partial charge is 0.451 e. The number of esters is 1. The standard InChI is InChI=1S/C16H16N4O5S2/c1-7(21)18-16-19-9(6-26-16)15(24)25-5-11(22)20-14-12(13(17)23)8-3-2-4-10(8)27-14/h6H,2-5H2,1H3,(H2,17,23)(H,20,22)(H,18,19,21). The fourth-order valence-corrected chi connectivity index (χ4v) is 4.73. The van der Waals surface area contributed by atoms with Crippen molar-refractivity contribution in [1.82, 2.24) is 4.98 Å². The molecule has 0 fully saturated rings. The van der Waals surface area contributed by atoms with Crippen molar-refractivity contribution in [3.05, 3.63) is 27.1 Å². The minimum atomic E-state index is -0.790. The molecule has 2 aromatic heterocycles. The lowest BCUT2D eigenvalue weighted by Crippen LogP contribution is -2.22. The zero-order chi connectivity index (χ0) is 19.6. The van der Waals surface area contributed by atoms with Crippen LogP contribution in [-0.4, -0.2) is 35.3 Å². The van der Waals surface area contributed by atoms with Crippen LogP contribution in [0.3, 0.4) is 0 Å². The SMILES string of the molecule is CC(=O)Nc1nc(C(=O)OCC(=O)Nc2sc3c(c2C(N)=O)CCC3)cs1. The summed E-state index contributed by atoms with van der Waals surface area (Å²) in [4.78, 5) is 51.7. The van der Waals surface area contributed by atoms with E-state index in [9.17, 15) is 19.2 Å². The molecule has 142 valence electrons. The number of anilines is 2. The van der Waals surface area contributed by atoms with Crippen LogP contribution in [-0.2, 0) is 27.2 Å². The van der Waals surface area contributed by atoms with Gasteiger partial charge in [-0.05, 0) is 24.8 Å². The van der Waals surface area contributed by atoms with Crippen LogP contribution in [0.2, 0.25) is 0 Å². The van der Waals surface area contributed by atoms with Crippen LogP contribution in [0.1, 0.15) is 44.6 Å². The highest BCUT2D eigenvalue weighted by molar-refractivity contribution is 7.17. The van der Waals surface area contributed by atoms with E-state index in [0.717, 1.165) is 41.0 Å². The van der Waals surface area contributed by atoms with Gasteiger partial charge in [-0.25, -0.2) is 9.78 Å². The summed E-state index contributed by atoms with van der Waals surface area (Å²) in [7, 11) is 0. The van der Waals surface area contributed by atoms with E-state index in [-0.39, 0.29) is 16.7 Å². The topological polar surface area (TPSA) is 140 Å². The maximum Gasteiger partial charge on any atom is 0.358 e. The second-order valence-corrected chi connectivity index (χ2v) is 7.73. The van der Waals surface area contributed by atoms with Crippen LogP contribution in [0, 0.1) is 0 Å². The summed E-state index contributed by atoms with van der Waals surface area (Å²) in [5.41, 5.74) is 6.66. The highest BCUT2D eigenvalue weighted by atomic mass is 32.1. The summed E-state index contributed by atoms with van der Waals surface area (Å²) in [5, 5.41) is 7.10. The molecule has 0 atom stereocenters. The third kappa shape index (κ3) is 4.31. The number of amides is 3. The first-order valence-electron chi connectivity index (χ1n) is 7.99. The van der Waals surface area contributed by atoms with Crippen molar-refractivity contribution in [1.29, 1.82) is 0 Å². The second-order valence-electron chi connectivity index (χ2n) is 5.77. The summed E-state index contributed by atoms with van der Waals surface area (Å²) >= 11 is 2.39. The Kier molecular flexibility index (Phi) is 5.51. The van der Waals surface area contributed by atoms with Gasteiger partial charge < -0.3 is 21.1 Å². The van der Waals surface area contributed by atoms with Crippen LogP contribution in [0.25, 0.3) is 0 Å². The Balaban J connectivity index is 1.59. The van der Waals surface area contributed by atoms with Crippen LogP contribution in [0.4, 0.5) is 10.1 Å². The highest BCUT2D eigenvalue weighted by Crippen LogP contribution is 2.38. The van der Waals surface area contributed by atoms with Gasteiger partial charge in [-0.3, -0.25) is 14.4 Å². The zero-order valence-corrected chi connectivity index (χ0v) is 15.9. The Morgan fingerprint density at radius 2 is 2.04 bits per heavy atom. The number of fused-ring (bicyclic) bond motifs is 1. The molecular formula is C16H16N4O5S2. The van der Waals surface area contributed by atoms with Crippen LogP contribution >= 0.6 is 22.7 Å². The Morgan fingerprint density at radius 1 is 1.26 bits per heavy atom. The van der Waals surface area contributed by atoms with Crippen molar-refractivity contribution in [3.63, 3.8) is 0 Å². The Bertz CT molecular complexity index is 933. The van der Waals surface area contributed by atoms with Gasteiger partial charge in [0, 0.05) is 17.2 Å². The monoisotopic (exact) mass is 408 g/mol. The quantitative estimate of drug-likeness (QED) is 0.619. The molecule has 0 aliphatic heterocycles. The number of carbonyl (C=O) groups is 4. The molecule has 0 aromatic carbocycles. The van der Waals surface area contributed by atoms with Crippen molar-refractivity contribution in [2.75, 3.05) is 17.2 Å². The van der Waals surface area contributed by atoms with Crippen LogP contribution in [0.15, 0.2) is 5.38 Å². The number of thiazole rings is 1. The summed E-state index contributed by atoms with van der Waals surface area (Å²) in [6, 6.07) is 0. The predicted octanol–water partition coefficient (Wildman–Crippen LogP) is 1.55. The molecule has 9 nitrogen and oxygen atoms in total. The van der Waals surface area contributed by atoms with Crippen molar-refractivity contribution in [3.8, 4) is 0 Å². The number of nitrogens with one attached hydrogen (secondary N) is 2. The molecule has 4 N–H and O–H groups in total. The van der Waals surface area contributed by atoms with Gasteiger partial charge in [-0.2, -0.15) is 0 Å². The molecule has 3 rings (SSSR count). The molecule has 0 saturated heterocycles. The Hall–Kier alpha value is -2.79. The van der Waals surface area contributed by atoms with E-state index in [0.29, 0.717) is 10.6 Å². The van der Waals surface area contributed by atoms with Gasteiger partial charge in [0.15, 0.2) is 17.4 Å². The lowest BCUT2D eigenvalue weighted by atomic mass is 10.1. The number of ether oxygens (including phenoxy) is 1. The van der Waals surface area contributed by atoms with Crippen molar-refractivity contribution >= 4 is 56.5 Å². The third-order valence-electron chi connectivity index (χ3n) is 3.75. The predicted molar refractivity (Wildman–Crippen MR) is 100 cm³/mol. The van der Waals surface area contributed by atoms with Gasteiger partial charge in [0.25, 0.3) is 11.8 Å². The van der Waals surface area contributed by atoms with Gasteiger partial charge >= 0.3 is 5.97 Å². The molecule has 27 heavy (non-hydrogen) atoms. The lowest BCUT2D eigenvalue weighted by Gasteiger charge is -2.06. The molecule has 2 aromatic rings. The molecule has 0 bridgehead atoms. The molecule has 0 unspecified atom stereocenters. The molecule has 0 radical (unpaired) electrons. The van der Waals surface area contributed by atoms with E-state index in [1.54, 1.807) is 0 Å². The molecule has 0 spiro atoms. The van der Waals surface area contributed by atoms with Crippen LogP contribution in [0.5, 0.6) is 0 Å². The van der Waals surface area contributed by atoms with Crippen molar-refractivity contribution < 1.29 is 23.9 Å². The minimum absolute atomic E-state index is 0.00975.